The smallest absolute Gasteiger partial charge is 0.339 e. The molecular weight excluding hydrogens is 330 g/mol. The molecule has 0 unspecified atom stereocenters. The Kier molecular flexibility index (Phi) is 4.15. The second-order valence-electron chi connectivity index (χ2n) is 7.22. The fraction of sp³-hybridized carbons (Fsp3) is 0.444. The molecule has 2 aromatic rings. The quantitative estimate of drug-likeness (QED) is 0.844. The lowest BCUT2D eigenvalue weighted by Gasteiger charge is -2.21. The van der Waals surface area contributed by atoms with Gasteiger partial charge in [-0.05, 0) is 45.0 Å². The molecule has 1 atom stereocenters. The minimum Gasteiger partial charge on any atom is -0.456 e. The molecule has 1 fully saturated rings. The second kappa shape index (κ2) is 5.91. The molecule has 0 spiro atoms. The Morgan fingerprint density at radius 3 is 2.68 bits per heavy atom. The van der Waals surface area contributed by atoms with Crippen LogP contribution in [-0.4, -0.2) is 46.8 Å². The molecule has 0 saturated carbocycles. The van der Waals surface area contributed by atoms with Crippen molar-refractivity contribution in [3.63, 3.8) is 0 Å². The maximum atomic E-state index is 13.6. The third-order valence-electron chi connectivity index (χ3n) is 3.99. The summed E-state index contributed by atoms with van der Waals surface area (Å²) in [6.07, 6.45) is -0.197. The molecule has 25 heavy (non-hydrogen) atoms. The monoisotopic (exact) mass is 350 g/mol. The van der Waals surface area contributed by atoms with Gasteiger partial charge >= 0.3 is 5.97 Å². The molecule has 1 N–H and O–H groups in total. The normalized spacial score (nSPS) is 20.1. The zero-order chi connectivity index (χ0) is 18.4. The van der Waals surface area contributed by atoms with Crippen LogP contribution in [0.15, 0.2) is 30.5 Å². The van der Waals surface area contributed by atoms with Crippen LogP contribution in [0.3, 0.4) is 0 Å². The summed E-state index contributed by atoms with van der Waals surface area (Å²) in [5.41, 5.74) is 0.749. The van der Waals surface area contributed by atoms with Crippen LogP contribution in [0.1, 0.15) is 31.1 Å². The van der Waals surface area contributed by atoms with Crippen LogP contribution in [0.25, 0.3) is 10.9 Å². The topological polar surface area (TPSA) is 62.7 Å². The number of aromatic nitrogens is 1. The van der Waals surface area contributed by atoms with Gasteiger partial charge in [-0.25, -0.2) is 13.6 Å². The molecule has 0 aliphatic carbocycles. The second-order valence-corrected chi connectivity index (χ2v) is 7.22. The van der Waals surface area contributed by atoms with Gasteiger partial charge < -0.3 is 14.7 Å². The number of alkyl halides is 2. The summed E-state index contributed by atoms with van der Waals surface area (Å²) in [7, 11) is 0. The van der Waals surface area contributed by atoms with Crippen LogP contribution in [0.2, 0.25) is 0 Å². The number of aliphatic hydroxyl groups is 1. The standard InChI is InChI=1S/C18H20F2N2O3/c1-17(2,3)25-16(24)12-6-7-21-14-5-4-11(8-13(12)14)22-9-15(23)18(19,20)10-22/h4-8,15,23H,9-10H2,1-3H3/t15-/m1/s1. The number of carbonyl (C=O) groups is 1. The predicted molar refractivity (Wildman–Crippen MR) is 90.1 cm³/mol. The summed E-state index contributed by atoms with van der Waals surface area (Å²) in [5, 5.41) is 10.0. The van der Waals surface area contributed by atoms with E-state index >= 15 is 0 Å². The van der Waals surface area contributed by atoms with Crippen molar-refractivity contribution in [2.45, 2.75) is 38.4 Å². The third kappa shape index (κ3) is 3.56. The first-order chi connectivity index (χ1) is 11.6. The van der Waals surface area contributed by atoms with Gasteiger partial charge in [0.2, 0.25) is 0 Å². The van der Waals surface area contributed by atoms with Gasteiger partial charge in [-0.2, -0.15) is 0 Å². The van der Waals surface area contributed by atoms with E-state index in [0.717, 1.165) is 0 Å². The van der Waals surface area contributed by atoms with E-state index < -0.39 is 30.1 Å². The van der Waals surface area contributed by atoms with Crippen molar-refractivity contribution in [2.24, 2.45) is 0 Å². The van der Waals surface area contributed by atoms with Crippen LogP contribution in [-0.2, 0) is 4.74 Å². The molecule has 2 heterocycles. The van der Waals surface area contributed by atoms with E-state index in [0.29, 0.717) is 22.2 Å². The number of benzene rings is 1. The summed E-state index contributed by atoms with van der Waals surface area (Å²) >= 11 is 0. The molecule has 1 aromatic carbocycles. The molecule has 1 aliphatic heterocycles. The van der Waals surface area contributed by atoms with Crippen molar-refractivity contribution in [2.75, 3.05) is 18.0 Å². The van der Waals surface area contributed by atoms with Crippen molar-refractivity contribution in [3.8, 4) is 0 Å². The number of aliphatic hydroxyl groups excluding tert-OH is 1. The van der Waals surface area contributed by atoms with Gasteiger partial charge in [0, 0.05) is 17.3 Å². The highest BCUT2D eigenvalue weighted by molar-refractivity contribution is 6.04. The highest BCUT2D eigenvalue weighted by atomic mass is 19.3. The van der Waals surface area contributed by atoms with E-state index in [1.54, 1.807) is 45.0 Å². The molecular formula is C18H20F2N2O3. The van der Waals surface area contributed by atoms with Gasteiger partial charge in [0.15, 0.2) is 0 Å². The Bertz CT molecular complexity index is 818. The lowest BCUT2D eigenvalue weighted by molar-refractivity contribution is -0.0712. The van der Waals surface area contributed by atoms with E-state index in [1.165, 1.54) is 11.1 Å². The summed E-state index contributed by atoms with van der Waals surface area (Å²) in [4.78, 5) is 18.0. The lowest BCUT2D eigenvalue weighted by atomic mass is 10.1. The van der Waals surface area contributed by atoms with Crippen LogP contribution in [0.4, 0.5) is 14.5 Å². The van der Waals surface area contributed by atoms with E-state index in [1.807, 2.05) is 0 Å². The number of β-amino-alcohol motifs (C(OH)–C–C–N with tert-alkyl or cyclic N) is 1. The van der Waals surface area contributed by atoms with Crippen molar-refractivity contribution in [1.29, 1.82) is 0 Å². The molecule has 1 aliphatic rings. The zero-order valence-corrected chi connectivity index (χ0v) is 14.3. The Labute approximate surface area is 144 Å². The number of halogens is 2. The maximum Gasteiger partial charge on any atom is 0.339 e. The molecule has 0 amide bonds. The van der Waals surface area contributed by atoms with Crippen molar-refractivity contribution in [3.05, 3.63) is 36.0 Å². The first-order valence-corrected chi connectivity index (χ1v) is 8.00. The fourth-order valence-corrected chi connectivity index (χ4v) is 2.81. The third-order valence-corrected chi connectivity index (χ3v) is 3.99. The SMILES string of the molecule is CC(C)(C)OC(=O)c1ccnc2ccc(N3C[C@@H](O)C(F)(F)C3)cc12. The minimum absolute atomic E-state index is 0.166. The Balaban J connectivity index is 1.99. The van der Waals surface area contributed by atoms with Crippen LogP contribution < -0.4 is 4.90 Å². The summed E-state index contributed by atoms with van der Waals surface area (Å²) in [5.74, 6) is -3.65. The van der Waals surface area contributed by atoms with Crippen molar-refractivity contribution >= 4 is 22.6 Å². The van der Waals surface area contributed by atoms with Gasteiger partial charge in [0.25, 0.3) is 5.92 Å². The molecule has 3 rings (SSSR count). The van der Waals surface area contributed by atoms with Gasteiger partial charge in [0.05, 0.1) is 24.2 Å². The first kappa shape index (κ1) is 17.5. The van der Waals surface area contributed by atoms with Gasteiger partial charge in [-0.1, -0.05) is 0 Å². The number of hydrogen-bond donors (Lipinski definition) is 1. The molecule has 1 aromatic heterocycles. The van der Waals surface area contributed by atoms with Crippen LogP contribution >= 0.6 is 0 Å². The van der Waals surface area contributed by atoms with Crippen LogP contribution in [0, 0.1) is 0 Å². The summed E-state index contributed by atoms with van der Waals surface area (Å²) in [6.45, 7) is 4.58. The summed E-state index contributed by atoms with van der Waals surface area (Å²) in [6, 6.07) is 6.51. The number of anilines is 1. The maximum absolute atomic E-state index is 13.6. The zero-order valence-electron chi connectivity index (χ0n) is 14.3. The average Bonchev–Trinajstić information content (AvgIpc) is 2.78. The Morgan fingerprint density at radius 1 is 1.36 bits per heavy atom. The lowest BCUT2D eigenvalue weighted by Crippen LogP contribution is -2.31. The van der Waals surface area contributed by atoms with Crippen LogP contribution in [0.5, 0.6) is 0 Å². The Hall–Kier alpha value is -2.28. The van der Waals surface area contributed by atoms with Gasteiger partial charge in [-0.3, -0.25) is 4.98 Å². The number of rotatable bonds is 2. The summed E-state index contributed by atoms with van der Waals surface area (Å²) < 4.78 is 32.6. The largest absolute Gasteiger partial charge is 0.456 e. The number of fused-ring (bicyclic) bond motifs is 1. The van der Waals surface area contributed by atoms with E-state index in [-0.39, 0.29) is 6.54 Å². The average molecular weight is 350 g/mol. The number of hydrogen-bond acceptors (Lipinski definition) is 5. The number of ether oxygens (including phenoxy) is 1. The number of esters is 1. The van der Waals surface area contributed by atoms with E-state index in [4.69, 9.17) is 4.74 Å². The highest BCUT2D eigenvalue weighted by Crippen LogP contribution is 2.33. The molecule has 1 saturated heterocycles. The first-order valence-electron chi connectivity index (χ1n) is 8.00. The van der Waals surface area contributed by atoms with Gasteiger partial charge in [0.1, 0.15) is 11.7 Å². The number of pyridine rings is 1. The minimum atomic E-state index is -3.15. The number of carbonyl (C=O) groups excluding carboxylic acids is 1. The Morgan fingerprint density at radius 2 is 2.08 bits per heavy atom. The molecule has 0 radical (unpaired) electrons. The van der Waals surface area contributed by atoms with Crippen molar-refractivity contribution < 1.29 is 23.4 Å². The van der Waals surface area contributed by atoms with E-state index in [9.17, 15) is 18.7 Å². The number of nitrogens with zero attached hydrogens (tertiary/aromatic N) is 2. The molecule has 7 heteroatoms. The predicted octanol–water partition coefficient (Wildman–Crippen LogP) is 3.01. The fourth-order valence-electron chi connectivity index (χ4n) is 2.81. The highest BCUT2D eigenvalue weighted by Gasteiger charge is 2.47. The van der Waals surface area contributed by atoms with E-state index in [2.05, 4.69) is 4.98 Å². The molecule has 0 bridgehead atoms. The molecule has 5 nitrogen and oxygen atoms in total. The molecule has 134 valence electrons. The van der Waals surface area contributed by atoms with Crippen molar-refractivity contribution in [1.82, 2.24) is 4.98 Å². The van der Waals surface area contributed by atoms with Gasteiger partial charge in [-0.15, -0.1) is 0 Å².